The largest absolute Gasteiger partial charge is 0.493 e. The molecule has 3 nitrogen and oxygen atoms in total. The summed E-state index contributed by atoms with van der Waals surface area (Å²) >= 11 is 2.97. The van der Waals surface area contributed by atoms with E-state index in [9.17, 15) is 22.4 Å². The van der Waals surface area contributed by atoms with Crippen molar-refractivity contribution in [3.8, 4) is 5.75 Å². The molecule has 0 amide bonds. The zero-order chi connectivity index (χ0) is 16.2. The summed E-state index contributed by atoms with van der Waals surface area (Å²) in [6, 6.07) is 1.12. The fourth-order valence-electron chi connectivity index (χ4n) is 2.53. The van der Waals surface area contributed by atoms with Crippen LogP contribution in [0.4, 0.5) is 17.6 Å². The van der Waals surface area contributed by atoms with E-state index in [1.807, 2.05) is 0 Å². The van der Waals surface area contributed by atoms with Crippen LogP contribution in [0.5, 0.6) is 5.75 Å². The molecular weight excluding hydrogens is 370 g/mol. The van der Waals surface area contributed by atoms with E-state index in [-0.39, 0.29) is 27.2 Å². The molecule has 0 spiro atoms. The van der Waals surface area contributed by atoms with Gasteiger partial charge in [-0.2, -0.15) is 13.2 Å². The van der Waals surface area contributed by atoms with Crippen LogP contribution in [0.1, 0.15) is 24.4 Å². The van der Waals surface area contributed by atoms with Crippen molar-refractivity contribution in [1.29, 1.82) is 0 Å². The Morgan fingerprint density at radius 2 is 1.95 bits per heavy atom. The van der Waals surface area contributed by atoms with Crippen LogP contribution in [-0.4, -0.2) is 11.7 Å². The summed E-state index contributed by atoms with van der Waals surface area (Å²) in [5.41, 5.74) is -1.95. The Hall–Kier alpha value is -1.57. The van der Waals surface area contributed by atoms with Crippen LogP contribution in [0.2, 0.25) is 0 Å². The molecule has 118 valence electrons. The quantitative estimate of drug-likeness (QED) is 0.729. The Labute approximate surface area is 130 Å². The van der Waals surface area contributed by atoms with Crippen molar-refractivity contribution < 1.29 is 22.3 Å². The van der Waals surface area contributed by atoms with Crippen molar-refractivity contribution in [3.05, 3.63) is 38.3 Å². The summed E-state index contributed by atoms with van der Waals surface area (Å²) < 4.78 is 59.7. The van der Waals surface area contributed by atoms with E-state index in [0.29, 0.717) is 18.9 Å². The fraction of sp³-hybridized carbons (Fsp3) is 0.357. The van der Waals surface area contributed by atoms with E-state index in [1.54, 1.807) is 0 Å². The number of rotatable bonds is 2. The third-order valence-electron chi connectivity index (χ3n) is 3.61. The second-order valence-corrected chi connectivity index (χ2v) is 5.89. The molecule has 2 aromatic rings. The van der Waals surface area contributed by atoms with Crippen LogP contribution < -0.4 is 10.3 Å². The van der Waals surface area contributed by atoms with Crippen LogP contribution in [0, 0.1) is 5.82 Å². The van der Waals surface area contributed by atoms with Gasteiger partial charge in [-0.15, -0.1) is 0 Å². The summed E-state index contributed by atoms with van der Waals surface area (Å²) in [6.07, 6.45) is -3.37. The lowest BCUT2D eigenvalue weighted by Gasteiger charge is -2.18. The summed E-state index contributed by atoms with van der Waals surface area (Å²) in [7, 11) is 1.22. The first-order valence-electron chi connectivity index (χ1n) is 6.44. The monoisotopic (exact) mass is 379 g/mol. The zero-order valence-electron chi connectivity index (χ0n) is 11.3. The van der Waals surface area contributed by atoms with Gasteiger partial charge in [-0.3, -0.25) is 4.79 Å². The van der Waals surface area contributed by atoms with E-state index in [0.717, 1.165) is 6.07 Å². The number of hydrogen-bond acceptors (Lipinski definition) is 2. The maximum atomic E-state index is 13.9. The fourth-order valence-corrected chi connectivity index (χ4v) is 3.00. The Kier molecular flexibility index (Phi) is 3.47. The van der Waals surface area contributed by atoms with Crippen LogP contribution in [0.3, 0.4) is 0 Å². The smallest absolute Gasteiger partial charge is 0.417 e. The van der Waals surface area contributed by atoms with Gasteiger partial charge >= 0.3 is 6.18 Å². The summed E-state index contributed by atoms with van der Waals surface area (Å²) in [5.74, 6) is -0.985. The summed E-state index contributed by atoms with van der Waals surface area (Å²) in [4.78, 5) is 12.1. The summed E-state index contributed by atoms with van der Waals surface area (Å²) in [6.45, 7) is 0. The van der Waals surface area contributed by atoms with Gasteiger partial charge in [0.25, 0.3) is 5.56 Å². The Balaban J connectivity index is 2.55. The third-order valence-corrected chi connectivity index (χ3v) is 4.35. The minimum Gasteiger partial charge on any atom is -0.493 e. The van der Waals surface area contributed by atoms with E-state index in [1.165, 1.54) is 11.7 Å². The molecule has 0 atom stereocenters. The maximum Gasteiger partial charge on any atom is 0.417 e. The van der Waals surface area contributed by atoms with Gasteiger partial charge in [0.05, 0.1) is 22.7 Å². The standard InChI is InChI=1S/C14H10BrF4NO2/c1-22-13-11(15)9(16)4-7-8(14(17,18)19)5-10(21)20(12(7)13)6-2-3-6/h4-6H,2-3H2,1H3. The highest BCUT2D eigenvalue weighted by molar-refractivity contribution is 9.10. The molecule has 22 heavy (non-hydrogen) atoms. The minimum absolute atomic E-state index is 0.0295. The van der Waals surface area contributed by atoms with Gasteiger partial charge in [0.15, 0.2) is 5.75 Å². The van der Waals surface area contributed by atoms with E-state index in [2.05, 4.69) is 15.9 Å². The van der Waals surface area contributed by atoms with Gasteiger partial charge in [0.1, 0.15) is 5.82 Å². The van der Waals surface area contributed by atoms with Gasteiger partial charge < -0.3 is 9.30 Å². The number of pyridine rings is 1. The molecule has 0 aliphatic heterocycles. The topological polar surface area (TPSA) is 31.2 Å². The molecule has 0 bridgehead atoms. The highest BCUT2D eigenvalue weighted by Crippen LogP contribution is 2.44. The number of aromatic nitrogens is 1. The molecule has 1 aromatic carbocycles. The first-order valence-corrected chi connectivity index (χ1v) is 7.23. The van der Waals surface area contributed by atoms with Crippen LogP contribution >= 0.6 is 15.9 Å². The van der Waals surface area contributed by atoms with Gasteiger partial charge in [0, 0.05) is 17.5 Å². The Morgan fingerprint density at radius 1 is 1.32 bits per heavy atom. The number of methoxy groups -OCH3 is 1. The third kappa shape index (κ3) is 2.29. The highest BCUT2D eigenvalue weighted by atomic mass is 79.9. The molecule has 1 aliphatic rings. The first-order chi connectivity index (χ1) is 10.3. The maximum absolute atomic E-state index is 13.9. The normalized spacial score (nSPS) is 15.4. The van der Waals surface area contributed by atoms with Crippen molar-refractivity contribution in [3.63, 3.8) is 0 Å². The van der Waals surface area contributed by atoms with Gasteiger partial charge in [-0.25, -0.2) is 4.39 Å². The molecule has 0 saturated heterocycles. The second kappa shape index (κ2) is 4.97. The lowest BCUT2D eigenvalue weighted by molar-refractivity contribution is -0.136. The van der Waals surface area contributed by atoms with Crippen molar-refractivity contribution >= 4 is 26.8 Å². The molecular formula is C14H10BrF4NO2. The van der Waals surface area contributed by atoms with Crippen LogP contribution in [0.15, 0.2) is 21.4 Å². The van der Waals surface area contributed by atoms with Crippen molar-refractivity contribution in [1.82, 2.24) is 4.57 Å². The van der Waals surface area contributed by atoms with Crippen molar-refractivity contribution in [2.75, 3.05) is 7.11 Å². The van der Waals surface area contributed by atoms with Crippen LogP contribution in [-0.2, 0) is 6.18 Å². The van der Waals surface area contributed by atoms with Gasteiger partial charge in [0.2, 0.25) is 0 Å². The van der Waals surface area contributed by atoms with Gasteiger partial charge in [-0.1, -0.05) is 0 Å². The van der Waals surface area contributed by atoms with Crippen LogP contribution in [0.25, 0.3) is 10.9 Å². The average molecular weight is 380 g/mol. The molecule has 0 N–H and O–H groups in total. The van der Waals surface area contributed by atoms with Gasteiger partial charge in [-0.05, 0) is 34.8 Å². The second-order valence-electron chi connectivity index (χ2n) is 5.10. The first kappa shape index (κ1) is 15.3. The molecule has 1 fully saturated rings. The molecule has 0 radical (unpaired) electrons. The molecule has 1 aromatic heterocycles. The van der Waals surface area contributed by atoms with Crippen molar-refractivity contribution in [2.24, 2.45) is 0 Å². The molecule has 3 rings (SSSR count). The number of halogens is 5. The number of alkyl halides is 3. The highest BCUT2D eigenvalue weighted by Gasteiger charge is 2.37. The number of benzene rings is 1. The van der Waals surface area contributed by atoms with E-state index >= 15 is 0 Å². The number of nitrogens with zero attached hydrogens (tertiary/aromatic N) is 1. The summed E-state index contributed by atoms with van der Waals surface area (Å²) in [5, 5.41) is -0.378. The predicted molar refractivity (Wildman–Crippen MR) is 75.7 cm³/mol. The molecule has 1 saturated carbocycles. The number of ether oxygens (including phenoxy) is 1. The zero-order valence-corrected chi connectivity index (χ0v) is 12.9. The number of hydrogen-bond donors (Lipinski definition) is 0. The average Bonchev–Trinajstić information content (AvgIpc) is 3.23. The molecule has 8 heteroatoms. The Morgan fingerprint density at radius 3 is 2.45 bits per heavy atom. The van der Waals surface area contributed by atoms with E-state index < -0.39 is 23.1 Å². The SMILES string of the molecule is COc1c(Br)c(F)cc2c(C(F)(F)F)cc(=O)n(C3CC3)c12. The lowest BCUT2D eigenvalue weighted by atomic mass is 10.1. The minimum atomic E-state index is -4.76. The predicted octanol–water partition coefficient (Wildman–Crippen LogP) is 4.27. The lowest BCUT2D eigenvalue weighted by Crippen LogP contribution is -2.23. The molecule has 1 aliphatic carbocycles. The van der Waals surface area contributed by atoms with Crippen molar-refractivity contribution in [2.45, 2.75) is 25.1 Å². The molecule has 0 unspecified atom stereocenters. The molecule has 1 heterocycles. The van der Waals surface area contributed by atoms with E-state index in [4.69, 9.17) is 4.74 Å². The Bertz CT molecular complexity index is 824. The number of fused-ring (bicyclic) bond motifs is 1.